The zero-order chi connectivity index (χ0) is 13.5. The third-order valence-corrected chi connectivity index (χ3v) is 4.05. The van der Waals surface area contributed by atoms with E-state index in [0.717, 1.165) is 43.6 Å². The Balaban J connectivity index is 0.000000771. The van der Waals surface area contributed by atoms with Gasteiger partial charge in [0.2, 0.25) is 0 Å². The van der Waals surface area contributed by atoms with E-state index in [-0.39, 0.29) is 5.92 Å². The van der Waals surface area contributed by atoms with Gasteiger partial charge in [-0.05, 0) is 50.5 Å². The van der Waals surface area contributed by atoms with Crippen LogP contribution in [0.3, 0.4) is 0 Å². The molecule has 0 radical (unpaired) electrons. The second-order valence-corrected chi connectivity index (χ2v) is 5.23. The lowest BCUT2D eigenvalue weighted by Crippen LogP contribution is -2.22. The molecule has 1 N–H and O–H groups in total. The summed E-state index contributed by atoms with van der Waals surface area (Å²) in [6.45, 7) is 4.00. The molecule has 2 aliphatic rings. The molecule has 0 heterocycles. The highest BCUT2D eigenvalue weighted by Crippen LogP contribution is 2.37. The Bertz CT molecular complexity index is 336. The summed E-state index contributed by atoms with van der Waals surface area (Å²) in [6.07, 6.45) is 9.83. The van der Waals surface area contributed by atoms with E-state index >= 15 is 0 Å². The molecule has 0 unspecified atom stereocenters. The topological polar surface area (TPSA) is 37.3 Å². The van der Waals surface area contributed by atoms with E-state index in [0.29, 0.717) is 5.92 Å². The lowest BCUT2D eigenvalue weighted by molar-refractivity contribution is -0.143. The molecular formula is C15H23ClO2. The maximum atomic E-state index is 10.8. The Labute approximate surface area is 115 Å². The molecule has 0 aromatic heterocycles. The summed E-state index contributed by atoms with van der Waals surface area (Å²) < 4.78 is 0. The minimum atomic E-state index is -0.626. The number of aliphatic carboxylic acids is 1. The van der Waals surface area contributed by atoms with E-state index in [1.807, 2.05) is 19.9 Å². The van der Waals surface area contributed by atoms with Crippen molar-refractivity contribution in [3.8, 4) is 0 Å². The van der Waals surface area contributed by atoms with Crippen molar-refractivity contribution in [3.05, 3.63) is 22.8 Å². The van der Waals surface area contributed by atoms with Crippen molar-refractivity contribution in [2.24, 2.45) is 11.8 Å². The van der Waals surface area contributed by atoms with Crippen molar-refractivity contribution < 1.29 is 9.90 Å². The Hall–Kier alpha value is -0.760. The molecule has 0 spiro atoms. The van der Waals surface area contributed by atoms with E-state index < -0.39 is 5.97 Å². The molecule has 1 saturated carbocycles. The number of carboxylic acids is 1. The molecule has 2 nitrogen and oxygen atoms in total. The first-order chi connectivity index (χ1) is 8.66. The number of hydrogen-bond donors (Lipinski definition) is 1. The number of carbonyl (C=O) groups is 1. The van der Waals surface area contributed by atoms with Gasteiger partial charge in [0.1, 0.15) is 0 Å². The first-order valence-electron chi connectivity index (χ1n) is 6.94. The first kappa shape index (κ1) is 15.3. The SMILES string of the molecule is CC.O=C(O)C1CCC(C2=CC=C(Cl)CC2)CC1. The molecule has 0 aromatic carbocycles. The van der Waals surface area contributed by atoms with Gasteiger partial charge in [-0.25, -0.2) is 0 Å². The van der Waals surface area contributed by atoms with Crippen molar-refractivity contribution in [1.82, 2.24) is 0 Å². The summed E-state index contributed by atoms with van der Waals surface area (Å²) in [7, 11) is 0. The van der Waals surface area contributed by atoms with E-state index in [9.17, 15) is 4.79 Å². The average molecular weight is 271 g/mol. The maximum absolute atomic E-state index is 10.8. The molecule has 0 saturated heterocycles. The van der Waals surface area contributed by atoms with Gasteiger partial charge >= 0.3 is 5.97 Å². The van der Waals surface area contributed by atoms with Gasteiger partial charge in [-0.3, -0.25) is 4.79 Å². The Morgan fingerprint density at radius 2 is 1.78 bits per heavy atom. The van der Waals surface area contributed by atoms with Crippen molar-refractivity contribution in [1.29, 1.82) is 0 Å². The monoisotopic (exact) mass is 270 g/mol. The molecule has 2 rings (SSSR count). The molecule has 0 atom stereocenters. The highest BCUT2D eigenvalue weighted by Gasteiger charge is 2.27. The summed E-state index contributed by atoms with van der Waals surface area (Å²) in [4.78, 5) is 10.8. The van der Waals surface area contributed by atoms with Crippen LogP contribution >= 0.6 is 11.6 Å². The van der Waals surface area contributed by atoms with Crippen LogP contribution in [0, 0.1) is 11.8 Å². The third-order valence-electron chi connectivity index (χ3n) is 3.73. The number of halogens is 1. The van der Waals surface area contributed by atoms with E-state index in [2.05, 4.69) is 6.08 Å². The van der Waals surface area contributed by atoms with Crippen LogP contribution in [-0.4, -0.2) is 11.1 Å². The van der Waals surface area contributed by atoms with Gasteiger partial charge in [0.05, 0.1) is 5.92 Å². The predicted octanol–water partition coefficient (Wildman–Crippen LogP) is 4.75. The fourth-order valence-corrected chi connectivity index (χ4v) is 2.84. The summed E-state index contributed by atoms with van der Waals surface area (Å²) >= 11 is 5.92. The van der Waals surface area contributed by atoms with E-state index in [4.69, 9.17) is 16.7 Å². The lowest BCUT2D eigenvalue weighted by Gasteiger charge is -2.29. The van der Waals surface area contributed by atoms with Crippen molar-refractivity contribution in [3.63, 3.8) is 0 Å². The summed E-state index contributed by atoms with van der Waals surface area (Å²) in [5.74, 6) is -0.143. The van der Waals surface area contributed by atoms with Gasteiger partial charge in [0.15, 0.2) is 0 Å². The first-order valence-corrected chi connectivity index (χ1v) is 7.32. The quantitative estimate of drug-likeness (QED) is 0.786. The van der Waals surface area contributed by atoms with Crippen molar-refractivity contribution in [2.45, 2.75) is 52.4 Å². The van der Waals surface area contributed by atoms with Crippen LogP contribution in [0.4, 0.5) is 0 Å². The Morgan fingerprint density at radius 3 is 2.22 bits per heavy atom. The summed E-state index contributed by atoms with van der Waals surface area (Å²) in [6, 6.07) is 0. The minimum Gasteiger partial charge on any atom is -0.481 e. The van der Waals surface area contributed by atoms with E-state index in [1.54, 1.807) is 0 Å². The average Bonchev–Trinajstić information content (AvgIpc) is 2.42. The summed E-state index contributed by atoms with van der Waals surface area (Å²) in [5, 5.41) is 9.86. The molecule has 0 aromatic rings. The molecule has 0 amide bonds. The second kappa shape index (κ2) is 7.63. The van der Waals surface area contributed by atoms with Gasteiger partial charge in [0, 0.05) is 5.03 Å². The number of allylic oxidation sites excluding steroid dienone is 4. The highest BCUT2D eigenvalue weighted by molar-refractivity contribution is 6.29. The van der Waals surface area contributed by atoms with Crippen LogP contribution in [0.1, 0.15) is 52.4 Å². The normalized spacial score (nSPS) is 27.5. The summed E-state index contributed by atoms with van der Waals surface area (Å²) in [5.41, 5.74) is 1.47. The fourth-order valence-electron chi connectivity index (χ4n) is 2.68. The van der Waals surface area contributed by atoms with Gasteiger partial charge in [-0.2, -0.15) is 0 Å². The molecule has 102 valence electrons. The van der Waals surface area contributed by atoms with Crippen LogP contribution in [0.2, 0.25) is 0 Å². The molecule has 1 fully saturated rings. The Morgan fingerprint density at radius 1 is 1.17 bits per heavy atom. The smallest absolute Gasteiger partial charge is 0.306 e. The molecule has 2 aliphatic carbocycles. The van der Waals surface area contributed by atoms with E-state index in [1.165, 1.54) is 5.57 Å². The lowest BCUT2D eigenvalue weighted by atomic mass is 9.76. The molecule has 0 aliphatic heterocycles. The predicted molar refractivity (Wildman–Crippen MR) is 75.7 cm³/mol. The highest BCUT2D eigenvalue weighted by atomic mass is 35.5. The van der Waals surface area contributed by atoms with Crippen LogP contribution < -0.4 is 0 Å². The van der Waals surface area contributed by atoms with Gasteiger partial charge in [-0.1, -0.05) is 37.1 Å². The second-order valence-electron chi connectivity index (χ2n) is 4.74. The minimum absolute atomic E-state index is 0.112. The molecule has 3 heteroatoms. The van der Waals surface area contributed by atoms with Crippen LogP contribution in [0.5, 0.6) is 0 Å². The van der Waals surface area contributed by atoms with Crippen molar-refractivity contribution in [2.75, 3.05) is 0 Å². The maximum Gasteiger partial charge on any atom is 0.306 e. The van der Waals surface area contributed by atoms with Crippen LogP contribution in [0.25, 0.3) is 0 Å². The molecule has 18 heavy (non-hydrogen) atoms. The van der Waals surface area contributed by atoms with Gasteiger partial charge in [0.25, 0.3) is 0 Å². The Kier molecular flexibility index (Phi) is 6.48. The fraction of sp³-hybridized carbons (Fsp3) is 0.667. The van der Waals surface area contributed by atoms with Gasteiger partial charge in [-0.15, -0.1) is 0 Å². The van der Waals surface area contributed by atoms with Crippen molar-refractivity contribution >= 4 is 17.6 Å². The number of hydrogen-bond acceptors (Lipinski definition) is 1. The molecular weight excluding hydrogens is 248 g/mol. The molecule has 0 bridgehead atoms. The number of rotatable bonds is 2. The zero-order valence-electron chi connectivity index (χ0n) is 11.3. The van der Waals surface area contributed by atoms with Gasteiger partial charge < -0.3 is 5.11 Å². The number of carboxylic acid groups (broad SMARTS) is 1. The zero-order valence-corrected chi connectivity index (χ0v) is 12.0. The van der Waals surface area contributed by atoms with Crippen LogP contribution in [-0.2, 0) is 4.79 Å². The third kappa shape index (κ3) is 4.16. The van der Waals surface area contributed by atoms with Crippen LogP contribution in [0.15, 0.2) is 22.8 Å². The largest absolute Gasteiger partial charge is 0.481 e. The standard InChI is InChI=1S/C13H17ClO2.C2H6/c14-12-7-5-10(6-8-12)9-1-3-11(4-2-9)13(15)16;1-2/h5,7,9,11H,1-4,6,8H2,(H,15,16);1-2H3.